The quantitative estimate of drug-likeness (QED) is 0.771. The van der Waals surface area contributed by atoms with E-state index in [-0.39, 0.29) is 6.61 Å². The highest BCUT2D eigenvalue weighted by Gasteiger charge is 1.98. The van der Waals surface area contributed by atoms with Gasteiger partial charge in [0.25, 0.3) is 0 Å². The van der Waals surface area contributed by atoms with E-state index in [4.69, 9.17) is 0 Å². The summed E-state index contributed by atoms with van der Waals surface area (Å²) in [7, 11) is -3.80. The predicted octanol–water partition coefficient (Wildman–Crippen LogP) is 1.31. The Kier molecular flexibility index (Phi) is 4.48. The van der Waals surface area contributed by atoms with Crippen molar-refractivity contribution in [3.8, 4) is 0 Å². The van der Waals surface area contributed by atoms with Crippen LogP contribution in [0.25, 0.3) is 6.08 Å². The van der Waals surface area contributed by atoms with Gasteiger partial charge in [0.2, 0.25) is 0 Å². The molecule has 0 aliphatic heterocycles. The lowest BCUT2D eigenvalue weighted by atomic mass is 10.2. The molecule has 0 bridgehead atoms. The van der Waals surface area contributed by atoms with E-state index >= 15 is 0 Å². The van der Waals surface area contributed by atoms with Gasteiger partial charge >= 0.3 is 10.3 Å². The van der Waals surface area contributed by atoms with Gasteiger partial charge in [-0.05, 0) is 12.0 Å². The zero-order chi connectivity index (χ0) is 11.1. The molecule has 0 aliphatic rings. The second-order valence-electron chi connectivity index (χ2n) is 2.92. The lowest BCUT2D eigenvalue weighted by molar-refractivity contribution is 0.325. The first kappa shape index (κ1) is 11.9. The van der Waals surface area contributed by atoms with Gasteiger partial charge in [-0.25, -0.2) is 5.14 Å². The summed E-state index contributed by atoms with van der Waals surface area (Å²) in [4.78, 5) is 0. The summed E-state index contributed by atoms with van der Waals surface area (Å²) in [5.74, 6) is 0. The maximum atomic E-state index is 10.4. The van der Waals surface area contributed by atoms with Crippen molar-refractivity contribution in [3.63, 3.8) is 0 Å². The second kappa shape index (κ2) is 5.65. The van der Waals surface area contributed by atoms with Crippen molar-refractivity contribution >= 4 is 16.4 Å². The number of nitrogens with two attached hydrogens (primary N) is 1. The number of hydrogen-bond acceptors (Lipinski definition) is 3. The smallest absolute Gasteiger partial charge is 0.258 e. The maximum Gasteiger partial charge on any atom is 0.333 e. The third-order valence-electron chi connectivity index (χ3n) is 1.64. The molecule has 0 fully saturated rings. The van der Waals surface area contributed by atoms with Gasteiger partial charge in [-0.1, -0.05) is 42.5 Å². The standard InChI is InChI=1S/C10H13NO3S/c11-15(12,13)14-9-5-4-8-10-6-2-1-3-7-10/h1-4,6-8H,5,9H2,(H2,11,12,13). The van der Waals surface area contributed by atoms with Crippen LogP contribution in [0.1, 0.15) is 12.0 Å². The molecule has 0 atom stereocenters. The van der Waals surface area contributed by atoms with Crippen LogP contribution in [0.15, 0.2) is 36.4 Å². The van der Waals surface area contributed by atoms with E-state index in [9.17, 15) is 8.42 Å². The molecular weight excluding hydrogens is 214 g/mol. The molecule has 0 saturated heterocycles. The molecule has 1 aromatic rings. The van der Waals surface area contributed by atoms with Gasteiger partial charge in [-0.15, -0.1) is 0 Å². The van der Waals surface area contributed by atoms with E-state index in [2.05, 4.69) is 9.32 Å². The average Bonchev–Trinajstić information content (AvgIpc) is 2.17. The van der Waals surface area contributed by atoms with Gasteiger partial charge in [0.15, 0.2) is 0 Å². The first-order valence-corrected chi connectivity index (χ1v) is 5.94. The topological polar surface area (TPSA) is 69.4 Å². The molecule has 0 amide bonds. The monoisotopic (exact) mass is 227 g/mol. The predicted molar refractivity (Wildman–Crippen MR) is 59.2 cm³/mol. The van der Waals surface area contributed by atoms with Crippen molar-refractivity contribution in [3.05, 3.63) is 42.0 Å². The fourth-order valence-electron chi connectivity index (χ4n) is 1.02. The Labute approximate surface area is 89.6 Å². The highest BCUT2D eigenvalue weighted by atomic mass is 32.2. The van der Waals surface area contributed by atoms with Crippen LogP contribution >= 0.6 is 0 Å². The Balaban J connectivity index is 2.30. The first-order chi connectivity index (χ1) is 7.08. The molecule has 2 N–H and O–H groups in total. The van der Waals surface area contributed by atoms with Gasteiger partial charge in [0.05, 0.1) is 6.61 Å². The van der Waals surface area contributed by atoms with Crippen LogP contribution in [0, 0.1) is 0 Å². The van der Waals surface area contributed by atoms with Gasteiger partial charge in [0, 0.05) is 0 Å². The van der Waals surface area contributed by atoms with E-state index in [1.807, 2.05) is 42.5 Å². The minimum Gasteiger partial charge on any atom is -0.258 e. The van der Waals surface area contributed by atoms with Crippen molar-refractivity contribution in [2.45, 2.75) is 6.42 Å². The van der Waals surface area contributed by atoms with E-state index in [0.29, 0.717) is 6.42 Å². The van der Waals surface area contributed by atoms with Gasteiger partial charge < -0.3 is 0 Å². The van der Waals surface area contributed by atoms with Crippen LogP contribution in [-0.4, -0.2) is 15.0 Å². The van der Waals surface area contributed by atoms with Gasteiger partial charge in [0.1, 0.15) is 0 Å². The van der Waals surface area contributed by atoms with E-state index < -0.39 is 10.3 Å². The Morgan fingerprint density at radius 1 is 1.27 bits per heavy atom. The molecule has 1 rings (SSSR count). The molecule has 82 valence electrons. The van der Waals surface area contributed by atoms with Gasteiger partial charge in [-0.3, -0.25) is 4.18 Å². The summed E-state index contributed by atoms with van der Waals surface area (Å²) in [5, 5.41) is 4.65. The molecule has 0 aromatic heterocycles. The summed E-state index contributed by atoms with van der Waals surface area (Å²) < 4.78 is 25.2. The normalized spacial score (nSPS) is 12.1. The summed E-state index contributed by atoms with van der Waals surface area (Å²) >= 11 is 0. The van der Waals surface area contributed by atoms with Crippen molar-refractivity contribution in [2.24, 2.45) is 5.14 Å². The van der Waals surface area contributed by atoms with E-state index in [0.717, 1.165) is 5.56 Å². The minimum absolute atomic E-state index is 0.0716. The van der Waals surface area contributed by atoms with Crippen LogP contribution in [-0.2, 0) is 14.5 Å². The van der Waals surface area contributed by atoms with Crippen molar-refractivity contribution in [2.75, 3.05) is 6.61 Å². The van der Waals surface area contributed by atoms with Crippen molar-refractivity contribution < 1.29 is 12.6 Å². The Morgan fingerprint density at radius 3 is 2.53 bits per heavy atom. The zero-order valence-electron chi connectivity index (χ0n) is 8.17. The second-order valence-corrected chi connectivity index (χ2v) is 4.14. The van der Waals surface area contributed by atoms with Crippen LogP contribution in [0.3, 0.4) is 0 Å². The van der Waals surface area contributed by atoms with Crippen molar-refractivity contribution in [1.82, 2.24) is 0 Å². The van der Waals surface area contributed by atoms with Gasteiger partial charge in [-0.2, -0.15) is 8.42 Å². The summed E-state index contributed by atoms with van der Waals surface area (Å²) in [6.45, 7) is 0.0716. The largest absolute Gasteiger partial charge is 0.333 e. The van der Waals surface area contributed by atoms with E-state index in [1.54, 1.807) is 0 Å². The lowest BCUT2D eigenvalue weighted by Crippen LogP contribution is -2.16. The Bertz CT molecular complexity index is 412. The first-order valence-electron chi connectivity index (χ1n) is 4.47. The molecule has 0 aliphatic carbocycles. The third kappa shape index (κ3) is 6.01. The summed E-state index contributed by atoms with van der Waals surface area (Å²) in [6.07, 6.45) is 4.23. The molecule has 5 heteroatoms. The molecule has 15 heavy (non-hydrogen) atoms. The summed E-state index contributed by atoms with van der Waals surface area (Å²) in [5.41, 5.74) is 1.06. The van der Waals surface area contributed by atoms with Crippen LogP contribution < -0.4 is 5.14 Å². The van der Waals surface area contributed by atoms with Crippen LogP contribution in [0.2, 0.25) is 0 Å². The van der Waals surface area contributed by atoms with Crippen molar-refractivity contribution in [1.29, 1.82) is 0 Å². The van der Waals surface area contributed by atoms with Crippen LogP contribution in [0.5, 0.6) is 0 Å². The fraction of sp³-hybridized carbons (Fsp3) is 0.200. The molecule has 0 saturated carbocycles. The summed E-state index contributed by atoms with van der Waals surface area (Å²) in [6, 6.07) is 9.70. The highest BCUT2D eigenvalue weighted by Crippen LogP contribution is 2.01. The molecule has 0 radical (unpaired) electrons. The molecule has 4 nitrogen and oxygen atoms in total. The molecular formula is C10H13NO3S. The number of rotatable bonds is 5. The number of hydrogen-bond donors (Lipinski definition) is 1. The van der Waals surface area contributed by atoms with E-state index in [1.165, 1.54) is 0 Å². The molecule has 0 heterocycles. The van der Waals surface area contributed by atoms with Crippen LogP contribution in [0.4, 0.5) is 0 Å². The molecule has 0 unspecified atom stereocenters. The minimum atomic E-state index is -3.80. The fourth-order valence-corrected chi connectivity index (χ4v) is 1.34. The zero-order valence-corrected chi connectivity index (χ0v) is 8.98. The maximum absolute atomic E-state index is 10.4. The number of benzene rings is 1. The highest BCUT2D eigenvalue weighted by molar-refractivity contribution is 7.84. The molecule has 0 spiro atoms. The SMILES string of the molecule is NS(=O)(=O)OCCC=Cc1ccccc1. The lowest BCUT2D eigenvalue weighted by Gasteiger charge is -1.96. The molecule has 1 aromatic carbocycles. The Hall–Kier alpha value is -1.17. The average molecular weight is 227 g/mol. The third-order valence-corrected chi connectivity index (χ3v) is 2.14. The Morgan fingerprint density at radius 2 is 1.93 bits per heavy atom.